The Kier molecular flexibility index (Phi) is 2.81. The van der Waals surface area contributed by atoms with Crippen molar-refractivity contribution in [2.45, 2.75) is 18.8 Å². The molecule has 7 heteroatoms. The molecule has 2 aliphatic rings. The van der Waals surface area contributed by atoms with Crippen LogP contribution < -0.4 is 5.32 Å². The van der Waals surface area contributed by atoms with Gasteiger partial charge in [-0.25, -0.2) is 8.78 Å². The maximum absolute atomic E-state index is 13.9. The molecular formula is C13H14F2N2O3. The summed E-state index contributed by atoms with van der Waals surface area (Å²) >= 11 is 0. The predicted octanol–water partition coefficient (Wildman–Crippen LogP) is 1.27. The monoisotopic (exact) mass is 284 g/mol. The molecular weight excluding hydrogens is 270 g/mol. The van der Waals surface area contributed by atoms with Crippen molar-refractivity contribution in [3.63, 3.8) is 0 Å². The first kappa shape index (κ1) is 13.1. The predicted molar refractivity (Wildman–Crippen MR) is 64.2 cm³/mol. The third-order valence-corrected chi connectivity index (χ3v) is 3.90. The van der Waals surface area contributed by atoms with Gasteiger partial charge in [-0.3, -0.25) is 9.59 Å². The number of hydrogen-bond donors (Lipinski definition) is 1. The zero-order valence-electron chi connectivity index (χ0n) is 10.7. The summed E-state index contributed by atoms with van der Waals surface area (Å²) in [6, 6.07) is 2.95. The average molecular weight is 284 g/mol. The first-order valence-electron chi connectivity index (χ1n) is 6.41. The smallest absolute Gasteiger partial charge is 0.289 e. The van der Waals surface area contributed by atoms with Gasteiger partial charge in [-0.2, -0.15) is 0 Å². The number of hydrogen-bond acceptors (Lipinski definition) is 3. The van der Waals surface area contributed by atoms with E-state index in [1.165, 1.54) is 18.4 Å². The van der Waals surface area contributed by atoms with Crippen LogP contribution in [0, 0.1) is 5.41 Å². The van der Waals surface area contributed by atoms with Crippen molar-refractivity contribution >= 4 is 11.8 Å². The zero-order chi connectivity index (χ0) is 14.4. The van der Waals surface area contributed by atoms with Crippen molar-refractivity contribution in [2.75, 3.05) is 19.6 Å². The van der Waals surface area contributed by atoms with E-state index >= 15 is 0 Å². The number of nitrogens with zero attached hydrogens (tertiary/aromatic N) is 1. The molecule has 2 fully saturated rings. The Morgan fingerprint density at radius 3 is 2.80 bits per heavy atom. The summed E-state index contributed by atoms with van der Waals surface area (Å²) < 4.78 is 32.8. The fourth-order valence-electron chi connectivity index (χ4n) is 3.04. The second kappa shape index (κ2) is 4.29. The molecule has 2 saturated heterocycles. The van der Waals surface area contributed by atoms with Crippen LogP contribution in [-0.4, -0.2) is 42.3 Å². The van der Waals surface area contributed by atoms with Crippen LogP contribution in [0.5, 0.6) is 0 Å². The molecule has 1 spiro atoms. The molecule has 0 saturated carbocycles. The Hall–Kier alpha value is -1.92. The van der Waals surface area contributed by atoms with Crippen LogP contribution in [-0.2, 0) is 4.79 Å². The molecule has 0 aromatic carbocycles. The Morgan fingerprint density at radius 2 is 2.20 bits per heavy atom. The Balaban J connectivity index is 1.89. The van der Waals surface area contributed by atoms with Crippen molar-refractivity contribution in [3.05, 3.63) is 24.2 Å². The lowest BCUT2D eigenvalue weighted by molar-refractivity contribution is -0.144. The van der Waals surface area contributed by atoms with E-state index in [4.69, 9.17) is 4.42 Å². The summed E-state index contributed by atoms with van der Waals surface area (Å²) in [5, 5.41) is 2.58. The van der Waals surface area contributed by atoms with Crippen molar-refractivity contribution in [1.29, 1.82) is 0 Å². The summed E-state index contributed by atoms with van der Waals surface area (Å²) in [5.74, 6) is -4.05. The Labute approximate surface area is 113 Å². The first-order chi connectivity index (χ1) is 9.42. The van der Waals surface area contributed by atoms with Crippen LogP contribution in [0.1, 0.15) is 23.4 Å². The van der Waals surface area contributed by atoms with Gasteiger partial charge in [0.05, 0.1) is 18.2 Å². The SMILES string of the molecule is O=C(c1ccco1)N1CC(F)(F)C[C@@]2(CCNC2=O)C1. The lowest BCUT2D eigenvalue weighted by Gasteiger charge is -2.42. The maximum Gasteiger partial charge on any atom is 0.289 e. The molecule has 3 heterocycles. The summed E-state index contributed by atoms with van der Waals surface area (Å²) in [6.07, 6.45) is 1.13. The number of likely N-dealkylation sites (tertiary alicyclic amines) is 1. The fourth-order valence-corrected chi connectivity index (χ4v) is 3.04. The van der Waals surface area contributed by atoms with Gasteiger partial charge in [0.15, 0.2) is 5.76 Å². The third kappa shape index (κ3) is 2.07. The number of furan rings is 1. The van der Waals surface area contributed by atoms with E-state index in [2.05, 4.69) is 5.32 Å². The number of rotatable bonds is 1. The molecule has 1 atom stereocenters. The molecule has 0 aliphatic carbocycles. The fraction of sp³-hybridized carbons (Fsp3) is 0.538. The van der Waals surface area contributed by atoms with Crippen LogP contribution in [0.4, 0.5) is 8.78 Å². The van der Waals surface area contributed by atoms with E-state index in [0.29, 0.717) is 13.0 Å². The van der Waals surface area contributed by atoms with Gasteiger partial charge in [-0.1, -0.05) is 0 Å². The molecule has 5 nitrogen and oxygen atoms in total. The van der Waals surface area contributed by atoms with Gasteiger partial charge in [-0.05, 0) is 18.6 Å². The molecule has 1 aromatic rings. The highest BCUT2D eigenvalue weighted by molar-refractivity contribution is 5.93. The molecule has 0 radical (unpaired) electrons. The van der Waals surface area contributed by atoms with Crippen LogP contribution in [0.15, 0.2) is 22.8 Å². The summed E-state index contributed by atoms with van der Waals surface area (Å²) in [6.45, 7) is -0.298. The zero-order valence-corrected chi connectivity index (χ0v) is 10.7. The molecule has 108 valence electrons. The molecule has 20 heavy (non-hydrogen) atoms. The van der Waals surface area contributed by atoms with Crippen LogP contribution in [0.3, 0.4) is 0 Å². The number of piperidine rings is 1. The molecule has 1 aromatic heterocycles. The van der Waals surface area contributed by atoms with Gasteiger partial charge in [-0.15, -0.1) is 0 Å². The normalized spacial score (nSPS) is 28.7. The highest BCUT2D eigenvalue weighted by atomic mass is 19.3. The second-order valence-electron chi connectivity index (χ2n) is 5.46. The van der Waals surface area contributed by atoms with Crippen LogP contribution >= 0.6 is 0 Å². The van der Waals surface area contributed by atoms with Gasteiger partial charge in [0, 0.05) is 19.5 Å². The minimum atomic E-state index is -3.07. The summed E-state index contributed by atoms with van der Waals surface area (Å²) in [4.78, 5) is 25.1. The number of alkyl halides is 2. The van der Waals surface area contributed by atoms with E-state index in [1.807, 2.05) is 0 Å². The van der Waals surface area contributed by atoms with Gasteiger partial charge < -0.3 is 14.6 Å². The topological polar surface area (TPSA) is 62.6 Å². The quantitative estimate of drug-likeness (QED) is 0.844. The van der Waals surface area contributed by atoms with Crippen molar-refractivity contribution < 1.29 is 22.8 Å². The number of halogens is 2. The van der Waals surface area contributed by atoms with Gasteiger partial charge in [0.1, 0.15) is 0 Å². The maximum atomic E-state index is 13.9. The number of amides is 2. The lowest BCUT2D eigenvalue weighted by Crippen LogP contribution is -2.56. The van der Waals surface area contributed by atoms with Gasteiger partial charge >= 0.3 is 0 Å². The van der Waals surface area contributed by atoms with E-state index in [0.717, 1.165) is 4.90 Å². The number of nitrogens with one attached hydrogen (secondary N) is 1. The summed E-state index contributed by atoms with van der Waals surface area (Å²) in [7, 11) is 0. The van der Waals surface area contributed by atoms with Gasteiger partial charge in [0.25, 0.3) is 11.8 Å². The van der Waals surface area contributed by atoms with Crippen molar-refractivity contribution in [1.82, 2.24) is 10.2 Å². The molecule has 2 aliphatic heterocycles. The third-order valence-electron chi connectivity index (χ3n) is 3.90. The van der Waals surface area contributed by atoms with Gasteiger partial charge in [0.2, 0.25) is 5.91 Å². The molecule has 0 unspecified atom stereocenters. The highest BCUT2D eigenvalue weighted by Crippen LogP contribution is 2.43. The average Bonchev–Trinajstić information content (AvgIpc) is 2.98. The van der Waals surface area contributed by atoms with E-state index in [9.17, 15) is 18.4 Å². The molecule has 0 bridgehead atoms. The molecule has 1 N–H and O–H groups in total. The lowest BCUT2D eigenvalue weighted by atomic mass is 9.77. The second-order valence-corrected chi connectivity index (χ2v) is 5.46. The summed E-state index contributed by atoms with van der Waals surface area (Å²) in [5.41, 5.74) is -1.18. The molecule has 3 rings (SSSR count). The first-order valence-corrected chi connectivity index (χ1v) is 6.41. The Bertz CT molecular complexity index is 544. The minimum Gasteiger partial charge on any atom is -0.459 e. The largest absolute Gasteiger partial charge is 0.459 e. The van der Waals surface area contributed by atoms with E-state index < -0.39 is 36.1 Å². The Morgan fingerprint density at radius 1 is 1.40 bits per heavy atom. The standard InChI is InChI=1S/C13H14F2N2O3/c14-13(15)6-12(3-4-16-11(12)19)7-17(8-13)10(18)9-2-1-5-20-9/h1-2,5H,3-4,6-8H2,(H,16,19)/t12-/m0/s1. The van der Waals surface area contributed by atoms with Crippen LogP contribution in [0.25, 0.3) is 0 Å². The number of carbonyl (C=O) groups excluding carboxylic acids is 2. The van der Waals surface area contributed by atoms with E-state index in [1.54, 1.807) is 0 Å². The minimum absolute atomic E-state index is 0.00789. The number of carbonyl (C=O) groups is 2. The molecule has 2 amide bonds. The van der Waals surface area contributed by atoms with E-state index in [-0.39, 0.29) is 12.3 Å². The van der Waals surface area contributed by atoms with Crippen molar-refractivity contribution in [2.24, 2.45) is 5.41 Å². The van der Waals surface area contributed by atoms with Crippen molar-refractivity contribution in [3.8, 4) is 0 Å². The van der Waals surface area contributed by atoms with Crippen LogP contribution in [0.2, 0.25) is 0 Å². The highest BCUT2D eigenvalue weighted by Gasteiger charge is 2.55.